The average Bonchev–Trinajstić information content (AvgIpc) is 2.60. The van der Waals surface area contributed by atoms with Crippen LogP contribution in [0, 0.1) is 18.8 Å². The van der Waals surface area contributed by atoms with Gasteiger partial charge in [-0.3, -0.25) is 0 Å². The van der Waals surface area contributed by atoms with Gasteiger partial charge in [0, 0.05) is 5.69 Å². The molecule has 0 aliphatic rings. The Hall–Kier alpha value is -3.13. The van der Waals surface area contributed by atoms with Crippen molar-refractivity contribution in [2.24, 2.45) is 0 Å². The van der Waals surface area contributed by atoms with Crippen molar-refractivity contribution < 1.29 is 14.3 Å². The minimum absolute atomic E-state index is 0.224. The second-order valence-electron chi connectivity index (χ2n) is 4.97. The molecule has 0 heterocycles. The number of anilines is 1. The van der Waals surface area contributed by atoms with Crippen molar-refractivity contribution >= 4 is 11.7 Å². The summed E-state index contributed by atoms with van der Waals surface area (Å²) in [5.74, 6) is 6.97. The first kappa shape index (κ1) is 17.2. The highest BCUT2D eigenvalue weighted by Gasteiger charge is 2.01. The smallest absolute Gasteiger partial charge is 0.319 e. The Morgan fingerprint density at radius 3 is 2.46 bits per heavy atom. The Balaban J connectivity index is 1.70. The van der Waals surface area contributed by atoms with Crippen LogP contribution >= 0.6 is 0 Å². The van der Waals surface area contributed by atoms with E-state index in [1.54, 1.807) is 7.11 Å². The SMILES string of the molecule is COc1ccccc1OCC#CCNC(=O)Nc1ccc(C)cc1. The summed E-state index contributed by atoms with van der Waals surface area (Å²) in [4.78, 5) is 11.7. The monoisotopic (exact) mass is 324 g/mol. The number of hydrogen-bond acceptors (Lipinski definition) is 3. The van der Waals surface area contributed by atoms with Crippen molar-refractivity contribution in [3.05, 3.63) is 54.1 Å². The predicted molar refractivity (Wildman–Crippen MR) is 94.5 cm³/mol. The molecule has 124 valence electrons. The van der Waals surface area contributed by atoms with Crippen LogP contribution in [-0.4, -0.2) is 26.3 Å². The van der Waals surface area contributed by atoms with Crippen molar-refractivity contribution in [1.29, 1.82) is 0 Å². The molecule has 0 unspecified atom stereocenters. The minimum atomic E-state index is -0.293. The fraction of sp³-hybridized carbons (Fsp3) is 0.211. The Morgan fingerprint density at radius 1 is 1.04 bits per heavy atom. The summed E-state index contributed by atoms with van der Waals surface area (Å²) in [5.41, 5.74) is 1.88. The number of para-hydroxylation sites is 2. The molecule has 2 rings (SSSR count). The molecule has 24 heavy (non-hydrogen) atoms. The molecule has 0 spiro atoms. The fourth-order valence-corrected chi connectivity index (χ4v) is 1.90. The van der Waals surface area contributed by atoms with Crippen LogP contribution < -0.4 is 20.1 Å². The lowest BCUT2D eigenvalue weighted by atomic mass is 10.2. The van der Waals surface area contributed by atoms with Crippen LogP contribution in [0.2, 0.25) is 0 Å². The summed E-state index contributed by atoms with van der Waals surface area (Å²) in [6, 6.07) is 14.6. The van der Waals surface area contributed by atoms with Gasteiger partial charge in [0.25, 0.3) is 0 Å². The summed E-state index contributed by atoms with van der Waals surface area (Å²) in [5, 5.41) is 5.40. The molecule has 2 aromatic rings. The first-order chi connectivity index (χ1) is 11.7. The van der Waals surface area contributed by atoms with Gasteiger partial charge in [-0.1, -0.05) is 41.7 Å². The van der Waals surface area contributed by atoms with Crippen LogP contribution in [0.5, 0.6) is 11.5 Å². The van der Waals surface area contributed by atoms with E-state index in [9.17, 15) is 4.79 Å². The first-order valence-electron chi connectivity index (χ1n) is 7.52. The Kier molecular flexibility index (Phi) is 6.54. The molecule has 0 saturated carbocycles. The lowest BCUT2D eigenvalue weighted by Crippen LogP contribution is -2.28. The van der Waals surface area contributed by atoms with Crippen LogP contribution in [0.25, 0.3) is 0 Å². The number of ether oxygens (including phenoxy) is 2. The number of methoxy groups -OCH3 is 1. The lowest BCUT2D eigenvalue weighted by molar-refractivity contribution is 0.253. The third-order valence-corrected chi connectivity index (χ3v) is 3.14. The van der Waals surface area contributed by atoms with Gasteiger partial charge in [-0.25, -0.2) is 4.79 Å². The molecule has 0 radical (unpaired) electrons. The number of urea groups is 1. The van der Waals surface area contributed by atoms with E-state index in [-0.39, 0.29) is 19.2 Å². The first-order valence-corrected chi connectivity index (χ1v) is 7.52. The molecule has 5 nitrogen and oxygen atoms in total. The Labute approximate surface area is 142 Å². The topological polar surface area (TPSA) is 59.6 Å². The number of amides is 2. The van der Waals surface area contributed by atoms with E-state index in [1.807, 2.05) is 55.5 Å². The highest BCUT2D eigenvalue weighted by atomic mass is 16.5. The Bertz CT molecular complexity index is 730. The van der Waals surface area contributed by atoms with Gasteiger partial charge in [0.15, 0.2) is 11.5 Å². The molecule has 0 aliphatic heterocycles. The van der Waals surface area contributed by atoms with E-state index in [0.717, 1.165) is 11.3 Å². The van der Waals surface area contributed by atoms with E-state index in [4.69, 9.17) is 9.47 Å². The van der Waals surface area contributed by atoms with Crippen molar-refractivity contribution in [3.63, 3.8) is 0 Å². The van der Waals surface area contributed by atoms with Crippen molar-refractivity contribution in [1.82, 2.24) is 5.32 Å². The van der Waals surface area contributed by atoms with Gasteiger partial charge in [-0.2, -0.15) is 0 Å². The van der Waals surface area contributed by atoms with Gasteiger partial charge in [0.05, 0.1) is 13.7 Å². The molecular weight excluding hydrogens is 304 g/mol. The normalized spacial score (nSPS) is 9.42. The van der Waals surface area contributed by atoms with Gasteiger partial charge in [-0.15, -0.1) is 0 Å². The van der Waals surface area contributed by atoms with Crippen molar-refractivity contribution in [3.8, 4) is 23.3 Å². The van der Waals surface area contributed by atoms with Crippen LogP contribution in [0.1, 0.15) is 5.56 Å². The summed E-state index contributed by atoms with van der Waals surface area (Å²) < 4.78 is 10.7. The van der Waals surface area contributed by atoms with E-state index >= 15 is 0 Å². The largest absolute Gasteiger partial charge is 0.493 e. The van der Waals surface area contributed by atoms with Gasteiger partial charge in [-0.05, 0) is 31.2 Å². The molecular formula is C19H20N2O3. The molecule has 2 amide bonds. The highest BCUT2D eigenvalue weighted by molar-refractivity contribution is 5.89. The maximum Gasteiger partial charge on any atom is 0.319 e. The number of aryl methyl sites for hydroxylation is 1. The maximum absolute atomic E-state index is 11.7. The summed E-state index contributed by atoms with van der Waals surface area (Å²) in [6.45, 7) is 2.46. The third-order valence-electron chi connectivity index (χ3n) is 3.14. The van der Waals surface area contributed by atoms with Crippen LogP contribution in [0.4, 0.5) is 10.5 Å². The van der Waals surface area contributed by atoms with E-state index in [0.29, 0.717) is 11.5 Å². The number of nitrogens with one attached hydrogen (secondary N) is 2. The standard InChI is InChI=1S/C19H20N2O3/c1-15-9-11-16(12-10-15)21-19(22)20-13-5-6-14-24-18-8-4-3-7-17(18)23-2/h3-4,7-12H,13-14H2,1-2H3,(H2,20,21,22). The van der Waals surface area contributed by atoms with Gasteiger partial charge in [0.2, 0.25) is 0 Å². The molecule has 2 aromatic carbocycles. The average molecular weight is 324 g/mol. The number of carbonyl (C=O) groups excluding carboxylic acids is 1. The van der Waals surface area contributed by atoms with Gasteiger partial charge < -0.3 is 20.1 Å². The number of hydrogen-bond donors (Lipinski definition) is 2. The number of carbonyl (C=O) groups is 1. The molecule has 2 N–H and O–H groups in total. The maximum atomic E-state index is 11.7. The molecule has 5 heteroatoms. The number of rotatable bonds is 5. The third kappa shape index (κ3) is 5.58. The Morgan fingerprint density at radius 2 is 1.75 bits per heavy atom. The molecule has 0 atom stereocenters. The van der Waals surface area contributed by atoms with Gasteiger partial charge in [0.1, 0.15) is 6.61 Å². The summed E-state index contributed by atoms with van der Waals surface area (Å²) in [6.07, 6.45) is 0. The summed E-state index contributed by atoms with van der Waals surface area (Å²) in [7, 11) is 1.59. The highest BCUT2D eigenvalue weighted by Crippen LogP contribution is 2.25. The zero-order valence-electron chi connectivity index (χ0n) is 13.8. The second kappa shape index (κ2) is 9.11. The van der Waals surface area contributed by atoms with Crippen molar-refractivity contribution in [2.45, 2.75) is 6.92 Å². The van der Waals surface area contributed by atoms with E-state index < -0.39 is 0 Å². The fourth-order valence-electron chi connectivity index (χ4n) is 1.90. The van der Waals surface area contributed by atoms with Crippen LogP contribution in [-0.2, 0) is 0 Å². The van der Waals surface area contributed by atoms with Crippen LogP contribution in [0.15, 0.2) is 48.5 Å². The second-order valence-corrected chi connectivity index (χ2v) is 4.97. The molecule has 0 fully saturated rings. The zero-order chi connectivity index (χ0) is 17.2. The quantitative estimate of drug-likeness (QED) is 0.830. The molecule has 0 bridgehead atoms. The lowest BCUT2D eigenvalue weighted by Gasteiger charge is -2.07. The summed E-state index contributed by atoms with van der Waals surface area (Å²) >= 11 is 0. The van der Waals surface area contributed by atoms with Gasteiger partial charge >= 0.3 is 6.03 Å². The number of benzene rings is 2. The van der Waals surface area contributed by atoms with Crippen molar-refractivity contribution in [2.75, 3.05) is 25.6 Å². The molecule has 0 aromatic heterocycles. The zero-order valence-corrected chi connectivity index (χ0v) is 13.8. The minimum Gasteiger partial charge on any atom is -0.493 e. The van der Waals surface area contributed by atoms with E-state index in [2.05, 4.69) is 22.5 Å². The predicted octanol–water partition coefficient (Wildman–Crippen LogP) is 3.21. The molecule has 0 aliphatic carbocycles. The van der Waals surface area contributed by atoms with E-state index in [1.165, 1.54) is 0 Å². The molecule has 0 saturated heterocycles. The van der Waals surface area contributed by atoms with Crippen LogP contribution in [0.3, 0.4) is 0 Å².